The first-order valence-corrected chi connectivity index (χ1v) is 10.5. The summed E-state index contributed by atoms with van der Waals surface area (Å²) in [5.74, 6) is 0.447. The maximum atomic E-state index is 13.1. The van der Waals surface area contributed by atoms with Gasteiger partial charge < -0.3 is 9.80 Å². The molecule has 2 amide bonds. The van der Waals surface area contributed by atoms with E-state index in [2.05, 4.69) is 36.2 Å². The first-order chi connectivity index (χ1) is 13.9. The molecule has 0 bridgehead atoms. The van der Waals surface area contributed by atoms with Crippen molar-refractivity contribution in [3.8, 4) is 0 Å². The fourth-order valence-electron chi connectivity index (χ4n) is 5.01. The normalized spacial score (nSPS) is 20.4. The van der Waals surface area contributed by atoms with E-state index in [9.17, 15) is 9.59 Å². The number of likely N-dealkylation sites (tertiary alicyclic amines) is 1. The second-order valence-electron chi connectivity index (χ2n) is 8.53. The third kappa shape index (κ3) is 3.91. The summed E-state index contributed by atoms with van der Waals surface area (Å²) in [5, 5.41) is 0. The Hall–Kier alpha value is -2.69. The number of amides is 2. The van der Waals surface area contributed by atoms with Crippen LogP contribution in [0.3, 0.4) is 0 Å². The van der Waals surface area contributed by atoms with Gasteiger partial charge in [-0.3, -0.25) is 14.6 Å². The molecule has 29 heavy (non-hydrogen) atoms. The molecule has 1 atom stereocenters. The number of carbonyl (C=O) groups excluding carboxylic acids is 2. The Labute approximate surface area is 172 Å². The molecule has 0 spiro atoms. The van der Waals surface area contributed by atoms with Gasteiger partial charge in [-0.05, 0) is 68.4 Å². The lowest BCUT2D eigenvalue weighted by Gasteiger charge is -2.33. The van der Waals surface area contributed by atoms with Crippen LogP contribution in [-0.4, -0.2) is 41.3 Å². The number of anilines is 1. The van der Waals surface area contributed by atoms with Gasteiger partial charge in [-0.25, -0.2) is 0 Å². The molecule has 152 valence electrons. The molecule has 2 aliphatic heterocycles. The van der Waals surface area contributed by atoms with Crippen molar-refractivity contribution in [2.45, 2.75) is 46.0 Å². The van der Waals surface area contributed by atoms with Crippen molar-refractivity contribution in [3.05, 3.63) is 58.9 Å². The molecule has 2 fully saturated rings. The lowest BCUT2D eigenvalue weighted by atomic mass is 9.89. The smallest absolute Gasteiger partial charge is 0.228 e. The topological polar surface area (TPSA) is 53.5 Å². The van der Waals surface area contributed by atoms with Crippen LogP contribution in [0.15, 0.2) is 36.7 Å². The quantitative estimate of drug-likeness (QED) is 0.800. The van der Waals surface area contributed by atoms with Crippen LogP contribution in [-0.2, 0) is 9.59 Å². The minimum absolute atomic E-state index is 0.0603. The lowest BCUT2D eigenvalue weighted by Crippen LogP contribution is -2.42. The van der Waals surface area contributed by atoms with E-state index in [1.165, 1.54) is 11.1 Å². The molecule has 4 rings (SSSR count). The van der Waals surface area contributed by atoms with Crippen LogP contribution in [0, 0.1) is 26.7 Å². The number of rotatable bonds is 3. The van der Waals surface area contributed by atoms with Gasteiger partial charge in [0.2, 0.25) is 11.8 Å². The van der Waals surface area contributed by atoms with Crippen LogP contribution in [0.1, 0.15) is 47.4 Å². The lowest BCUT2D eigenvalue weighted by molar-refractivity contribution is -0.136. The van der Waals surface area contributed by atoms with E-state index in [0.717, 1.165) is 42.7 Å². The van der Waals surface area contributed by atoms with Crippen molar-refractivity contribution >= 4 is 17.5 Å². The standard InChI is InChI=1S/C24H29N3O2/c1-16-12-17(2)23(18(3)13-16)27-15-21(14-22(27)28)24(29)26-10-6-20(7-11-26)19-4-8-25-9-5-19/h4-5,8-9,12-13,20-21H,6-7,10-11,14-15H2,1-3H3. The van der Waals surface area contributed by atoms with Gasteiger partial charge in [-0.1, -0.05) is 17.7 Å². The van der Waals surface area contributed by atoms with Gasteiger partial charge in [0, 0.05) is 44.1 Å². The van der Waals surface area contributed by atoms with E-state index in [4.69, 9.17) is 0 Å². The summed E-state index contributed by atoms with van der Waals surface area (Å²) in [6.45, 7) is 8.17. The predicted molar refractivity (Wildman–Crippen MR) is 114 cm³/mol. The zero-order chi connectivity index (χ0) is 20.5. The van der Waals surface area contributed by atoms with Gasteiger partial charge in [0.15, 0.2) is 0 Å². The number of aryl methyl sites for hydroxylation is 3. The molecule has 1 aromatic heterocycles. The molecular formula is C24H29N3O2. The zero-order valence-electron chi connectivity index (χ0n) is 17.5. The Balaban J connectivity index is 1.42. The van der Waals surface area contributed by atoms with Crippen molar-refractivity contribution in [1.29, 1.82) is 0 Å². The first kappa shape index (κ1) is 19.6. The van der Waals surface area contributed by atoms with E-state index in [1.54, 1.807) is 0 Å². The van der Waals surface area contributed by atoms with Gasteiger partial charge in [0.1, 0.15) is 0 Å². The minimum atomic E-state index is -0.236. The highest BCUT2D eigenvalue weighted by Gasteiger charge is 2.39. The summed E-state index contributed by atoms with van der Waals surface area (Å²) in [7, 11) is 0. The molecule has 2 aliphatic rings. The van der Waals surface area contributed by atoms with Crippen molar-refractivity contribution in [3.63, 3.8) is 0 Å². The molecule has 1 unspecified atom stereocenters. The molecule has 0 N–H and O–H groups in total. The summed E-state index contributed by atoms with van der Waals surface area (Å²) in [6, 6.07) is 8.35. The van der Waals surface area contributed by atoms with Crippen molar-refractivity contribution < 1.29 is 9.59 Å². The second kappa shape index (κ2) is 7.97. The summed E-state index contributed by atoms with van der Waals surface area (Å²) in [6.07, 6.45) is 5.92. The molecular weight excluding hydrogens is 362 g/mol. The molecule has 2 aromatic rings. The van der Waals surface area contributed by atoms with E-state index in [0.29, 0.717) is 18.9 Å². The van der Waals surface area contributed by atoms with E-state index in [-0.39, 0.29) is 17.7 Å². The van der Waals surface area contributed by atoms with Crippen LogP contribution in [0.4, 0.5) is 5.69 Å². The highest BCUT2D eigenvalue weighted by molar-refractivity contribution is 6.01. The number of pyridine rings is 1. The number of piperidine rings is 1. The molecule has 0 saturated carbocycles. The summed E-state index contributed by atoms with van der Waals surface area (Å²) >= 11 is 0. The number of benzene rings is 1. The SMILES string of the molecule is Cc1cc(C)c(N2CC(C(=O)N3CCC(c4ccncc4)CC3)CC2=O)c(C)c1. The van der Waals surface area contributed by atoms with Crippen LogP contribution >= 0.6 is 0 Å². The van der Waals surface area contributed by atoms with Crippen molar-refractivity contribution in [1.82, 2.24) is 9.88 Å². The third-order valence-electron chi connectivity index (χ3n) is 6.36. The summed E-state index contributed by atoms with van der Waals surface area (Å²) in [5.41, 5.74) is 5.68. The van der Waals surface area contributed by atoms with Gasteiger partial charge in [0.25, 0.3) is 0 Å². The molecule has 1 aromatic carbocycles. The third-order valence-corrected chi connectivity index (χ3v) is 6.36. The fourth-order valence-corrected chi connectivity index (χ4v) is 5.01. The Bertz CT molecular complexity index is 894. The summed E-state index contributed by atoms with van der Waals surface area (Å²) < 4.78 is 0. The maximum absolute atomic E-state index is 13.1. The van der Waals surface area contributed by atoms with Crippen LogP contribution in [0.2, 0.25) is 0 Å². The molecule has 3 heterocycles. The van der Waals surface area contributed by atoms with Crippen molar-refractivity contribution in [2.24, 2.45) is 5.92 Å². The van der Waals surface area contributed by atoms with Gasteiger partial charge in [0.05, 0.1) is 5.92 Å². The van der Waals surface area contributed by atoms with Crippen molar-refractivity contribution in [2.75, 3.05) is 24.5 Å². The molecule has 5 heteroatoms. The number of hydrogen-bond acceptors (Lipinski definition) is 3. The second-order valence-corrected chi connectivity index (χ2v) is 8.53. The Morgan fingerprint density at radius 1 is 1.03 bits per heavy atom. The Morgan fingerprint density at radius 2 is 1.66 bits per heavy atom. The number of nitrogens with zero attached hydrogens (tertiary/aromatic N) is 3. The van der Waals surface area contributed by atoms with E-state index in [1.807, 2.05) is 36.0 Å². The summed E-state index contributed by atoms with van der Waals surface area (Å²) in [4.78, 5) is 33.8. The van der Waals surface area contributed by atoms with Crippen LogP contribution in [0.25, 0.3) is 0 Å². The number of aromatic nitrogens is 1. The monoisotopic (exact) mass is 391 g/mol. The van der Waals surface area contributed by atoms with Crippen LogP contribution < -0.4 is 4.90 Å². The van der Waals surface area contributed by atoms with Gasteiger partial charge >= 0.3 is 0 Å². The predicted octanol–water partition coefficient (Wildman–Crippen LogP) is 3.77. The Morgan fingerprint density at radius 3 is 2.28 bits per heavy atom. The van der Waals surface area contributed by atoms with Gasteiger partial charge in [-0.2, -0.15) is 0 Å². The fraction of sp³-hybridized carbons (Fsp3) is 0.458. The highest BCUT2D eigenvalue weighted by atomic mass is 16.2. The van der Waals surface area contributed by atoms with Crippen LogP contribution in [0.5, 0.6) is 0 Å². The van der Waals surface area contributed by atoms with E-state index < -0.39 is 0 Å². The Kier molecular flexibility index (Phi) is 5.39. The van der Waals surface area contributed by atoms with E-state index >= 15 is 0 Å². The largest absolute Gasteiger partial charge is 0.342 e. The number of hydrogen-bond donors (Lipinski definition) is 0. The minimum Gasteiger partial charge on any atom is -0.342 e. The molecule has 0 radical (unpaired) electrons. The molecule has 0 aliphatic carbocycles. The molecule has 5 nitrogen and oxygen atoms in total. The zero-order valence-corrected chi connectivity index (χ0v) is 17.5. The average molecular weight is 392 g/mol. The molecule has 2 saturated heterocycles. The maximum Gasteiger partial charge on any atom is 0.228 e. The number of carbonyl (C=O) groups is 2. The first-order valence-electron chi connectivity index (χ1n) is 10.5. The highest BCUT2D eigenvalue weighted by Crippen LogP contribution is 2.34. The van der Waals surface area contributed by atoms with Gasteiger partial charge in [-0.15, -0.1) is 0 Å². The average Bonchev–Trinajstić information content (AvgIpc) is 3.09.